The summed E-state index contributed by atoms with van der Waals surface area (Å²) in [5, 5.41) is 31.8. The number of esters is 2. The van der Waals surface area contributed by atoms with Crippen LogP contribution in [0, 0.1) is 0 Å². The van der Waals surface area contributed by atoms with Crippen molar-refractivity contribution in [1.29, 1.82) is 0 Å². The molecular weight excluding hydrogens is 769 g/mol. The van der Waals surface area contributed by atoms with Crippen molar-refractivity contribution in [3.63, 3.8) is 0 Å². The van der Waals surface area contributed by atoms with Crippen LogP contribution in [0.2, 0.25) is 0 Å². The van der Waals surface area contributed by atoms with E-state index in [0.29, 0.717) is 41.8 Å². The molecule has 0 bridgehead atoms. The summed E-state index contributed by atoms with van der Waals surface area (Å²) in [5.74, 6) is -2.22. The first-order valence-electron chi connectivity index (χ1n) is 18.7. The highest BCUT2D eigenvalue weighted by atomic mass is 16.5. The molecule has 3 N–H and O–H groups in total. The third-order valence-electron chi connectivity index (χ3n) is 9.43. The molecule has 14 heteroatoms. The van der Waals surface area contributed by atoms with Crippen LogP contribution in [0.15, 0.2) is 144 Å². The predicted octanol–water partition coefficient (Wildman–Crippen LogP) is 8.37. The average Bonchev–Trinajstić information content (AvgIpc) is 3.27. The number of nitrogens with zero attached hydrogens (tertiary/aromatic N) is 3. The van der Waals surface area contributed by atoms with Crippen LogP contribution in [0.4, 0.5) is 22.7 Å². The van der Waals surface area contributed by atoms with Crippen LogP contribution >= 0.6 is 0 Å². The van der Waals surface area contributed by atoms with E-state index in [1.165, 1.54) is 41.3 Å². The van der Waals surface area contributed by atoms with Gasteiger partial charge in [-0.2, -0.15) is 10.2 Å². The van der Waals surface area contributed by atoms with Crippen LogP contribution in [0.25, 0.3) is 0 Å². The van der Waals surface area contributed by atoms with Crippen molar-refractivity contribution < 1.29 is 48.4 Å². The van der Waals surface area contributed by atoms with Crippen molar-refractivity contribution in [3.05, 3.63) is 172 Å². The van der Waals surface area contributed by atoms with Gasteiger partial charge in [0.2, 0.25) is 0 Å². The second-order valence-electron chi connectivity index (χ2n) is 13.4. The number of amides is 2. The van der Waals surface area contributed by atoms with Gasteiger partial charge in [0.1, 0.15) is 28.4 Å². The molecule has 6 aromatic carbocycles. The maximum Gasteiger partial charge on any atom is 0.342 e. The first-order valence-corrected chi connectivity index (χ1v) is 18.7. The number of para-hydroxylation sites is 1. The fourth-order valence-electron chi connectivity index (χ4n) is 6.19. The van der Waals surface area contributed by atoms with Crippen molar-refractivity contribution in [2.45, 2.75) is 12.8 Å². The average molecular weight is 805 g/mol. The molecule has 0 saturated carbocycles. The molecule has 0 aromatic heterocycles. The molecular formula is C46H36N4O10. The summed E-state index contributed by atoms with van der Waals surface area (Å²) in [6.45, 7) is 0.0988. The van der Waals surface area contributed by atoms with E-state index in [9.17, 15) is 34.2 Å². The topological polar surface area (TPSA) is 193 Å². The van der Waals surface area contributed by atoms with Gasteiger partial charge in [-0.05, 0) is 90.0 Å². The van der Waals surface area contributed by atoms with Crippen LogP contribution in [0.5, 0.6) is 17.2 Å². The molecule has 0 aliphatic carbocycles. The second kappa shape index (κ2) is 18.4. The number of benzene rings is 6. The number of rotatable bonds is 14. The quantitative estimate of drug-likeness (QED) is 0.0547. The summed E-state index contributed by atoms with van der Waals surface area (Å²) in [6, 6.07) is 35.7. The van der Waals surface area contributed by atoms with E-state index in [-0.39, 0.29) is 71.0 Å². The van der Waals surface area contributed by atoms with Crippen LogP contribution < -0.4 is 15.0 Å². The zero-order valence-corrected chi connectivity index (χ0v) is 31.8. The maximum atomic E-state index is 12.9. The third kappa shape index (κ3) is 9.52. The molecule has 0 fully saturated rings. The molecule has 0 radical (unpaired) electrons. The minimum Gasteiger partial charge on any atom is -0.507 e. The minimum absolute atomic E-state index is 0.00629. The molecule has 2 amide bonds. The maximum absolute atomic E-state index is 12.9. The Balaban J connectivity index is 0.889. The molecule has 6 aromatic rings. The Morgan fingerprint density at radius 2 is 1.23 bits per heavy atom. The highest BCUT2D eigenvalue weighted by molar-refractivity contribution is 6.09. The van der Waals surface area contributed by atoms with Gasteiger partial charge in [0.05, 0.1) is 35.7 Å². The SMILES string of the molecule is O=Cc1ccccc1C(=O)Nc1ccc(CCOC(=O)c2cc(N=Nc3ccc(O)c(C(=O)OCCc4ccc(N5COc6ccccc6C5=O)cc4)c3)ccc2O)cc1. The molecule has 0 unspecified atom stereocenters. The standard InChI is InChI=1S/C46H36N4O10/c51-27-31-5-1-2-6-36(31)43(54)47-32-13-9-29(10-14-32)21-23-58-45(56)38-25-33(15-19-40(38)52)48-49-34-16-20-41(53)39(26-34)46(57)59-24-22-30-11-17-35(18-12-30)50-28-60-42-8-4-3-7-37(42)44(50)55/h1-20,25-27,52-53H,21-24,28H2,(H,47,54). The predicted molar refractivity (Wildman–Crippen MR) is 220 cm³/mol. The van der Waals surface area contributed by atoms with E-state index in [1.54, 1.807) is 78.9 Å². The first kappa shape index (κ1) is 40.1. The monoisotopic (exact) mass is 804 g/mol. The van der Waals surface area contributed by atoms with Crippen LogP contribution in [0.3, 0.4) is 0 Å². The summed E-state index contributed by atoms with van der Waals surface area (Å²) >= 11 is 0. The molecule has 0 atom stereocenters. The Morgan fingerprint density at radius 1 is 0.683 bits per heavy atom. The van der Waals surface area contributed by atoms with Crippen LogP contribution in [-0.4, -0.2) is 60.2 Å². The molecule has 1 aliphatic heterocycles. The smallest absolute Gasteiger partial charge is 0.342 e. The normalized spacial score (nSPS) is 12.0. The fraction of sp³-hybridized carbons (Fsp3) is 0.109. The number of phenolic OH excluding ortho intramolecular Hbond substituents is 2. The summed E-state index contributed by atoms with van der Waals surface area (Å²) in [7, 11) is 0. The number of aromatic hydroxyl groups is 2. The van der Waals surface area contributed by atoms with E-state index in [0.717, 1.165) is 11.1 Å². The summed E-state index contributed by atoms with van der Waals surface area (Å²) < 4.78 is 16.5. The van der Waals surface area contributed by atoms with Crippen molar-refractivity contribution >= 4 is 52.8 Å². The van der Waals surface area contributed by atoms with Gasteiger partial charge in [-0.1, -0.05) is 54.6 Å². The van der Waals surface area contributed by atoms with Gasteiger partial charge >= 0.3 is 11.9 Å². The molecule has 1 heterocycles. The summed E-state index contributed by atoms with van der Waals surface area (Å²) in [5.41, 5.74) is 4.05. The second-order valence-corrected chi connectivity index (χ2v) is 13.4. The van der Waals surface area contributed by atoms with E-state index in [2.05, 4.69) is 15.5 Å². The highest BCUT2D eigenvalue weighted by Gasteiger charge is 2.26. The van der Waals surface area contributed by atoms with Crippen LogP contribution in [-0.2, 0) is 22.3 Å². The van der Waals surface area contributed by atoms with Gasteiger partial charge < -0.3 is 29.7 Å². The number of azo groups is 1. The lowest BCUT2D eigenvalue weighted by Gasteiger charge is -2.28. The first-order chi connectivity index (χ1) is 29.2. The Hall–Kier alpha value is -8.13. The van der Waals surface area contributed by atoms with Crippen molar-refractivity contribution in [2.75, 3.05) is 30.2 Å². The van der Waals surface area contributed by atoms with Gasteiger partial charge in [-0.3, -0.25) is 19.3 Å². The molecule has 0 saturated heterocycles. The number of phenols is 2. The lowest BCUT2D eigenvalue weighted by atomic mass is 10.1. The van der Waals surface area contributed by atoms with Gasteiger partial charge in [0.15, 0.2) is 13.0 Å². The number of ether oxygens (including phenoxy) is 3. The lowest BCUT2D eigenvalue weighted by molar-refractivity contribution is 0.0496. The number of fused-ring (bicyclic) bond motifs is 1. The number of carbonyl (C=O) groups excluding carboxylic acids is 5. The number of carbonyl (C=O) groups is 5. The van der Waals surface area contributed by atoms with Gasteiger partial charge in [-0.15, -0.1) is 0 Å². The Bertz CT molecular complexity index is 2610. The van der Waals surface area contributed by atoms with Gasteiger partial charge in [0.25, 0.3) is 11.8 Å². The zero-order valence-electron chi connectivity index (χ0n) is 31.8. The Kier molecular flexibility index (Phi) is 12.3. The molecule has 0 spiro atoms. The highest BCUT2D eigenvalue weighted by Crippen LogP contribution is 2.30. The number of nitrogens with one attached hydrogen (secondary N) is 1. The number of anilines is 2. The third-order valence-corrected chi connectivity index (χ3v) is 9.43. The van der Waals surface area contributed by atoms with E-state index in [4.69, 9.17) is 14.2 Å². The fourth-order valence-corrected chi connectivity index (χ4v) is 6.19. The van der Waals surface area contributed by atoms with E-state index < -0.39 is 17.8 Å². The number of hydrogen-bond donors (Lipinski definition) is 3. The van der Waals surface area contributed by atoms with Crippen molar-refractivity contribution in [1.82, 2.24) is 0 Å². The zero-order chi connectivity index (χ0) is 42.0. The number of aldehydes is 1. The van der Waals surface area contributed by atoms with E-state index in [1.807, 2.05) is 18.2 Å². The summed E-state index contributed by atoms with van der Waals surface area (Å²) in [4.78, 5) is 64.2. The van der Waals surface area contributed by atoms with E-state index >= 15 is 0 Å². The number of hydrogen-bond acceptors (Lipinski definition) is 12. The van der Waals surface area contributed by atoms with Crippen molar-refractivity contribution in [3.8, 4) is 17.2 Å². The van der Waals surface area contributed by atoms with Crippen molar-refractivity contribution in [2.24, 2.45) is 10.2 Å². The Labute approximate surface area is 343 Å². The molecule has 60 heavy (non-hydrogen) atoms. The molecule has 300 valence electrons. The lowest BCUT2D eigenvalue weighted by Crippen LogP contribution is -2.38. The van der Waals surface area contributed by atoms with Gasteiger partial charge in [0, 0.05) is 29.8 Å². The largest absolute Gasteiger partial charge is 0.507 e. The minimum atomic E-state index is -0.786. The summed E-state index contributed by atoms with van der Waals surface area (Å²) in [6.07, 6.45) is 1.35. The Morgan fingerprint density at radius 3 is 1.83 bits per heavy atom. The van der Waals surface area contributed by atoms with Gasteiger partial charge in [-0.25, -0.2) is 9.59 Å². The molecule has 14 nitrogen and oxygen atoms in total. The molecule has 7 rings (SSSR count). The van der Waals surface area contributed by atoms with Crippen LogP contribution in [0.1, 0.15) is 62.9 Å². The molecule has 1 aliphatic rings.